The third-order valence-corrected chi connectivity index (χ3v) is 3.91. The lowest BCUT2D eigenvalue weighted by Gasteiger charge is -2.25. The van der Waals surface area contributed by atoms with Crippen molar-refractivity contribution in [1.29, 1.82) is 0 Å². The number of hydrogen-bond acceptors (Lipinski definition) is 6. The molecule has 6 nitrogen and oxygen atoms in total. The Labute approximate surface area is 110 Å². The van der Waals surface area contributed by atoms with E-state index >= 15 is 0 Å². The van der Waals surface area contributed by atoms with Crippen molar-refractivity contribution < 1.29 is 9.90 Å². The van der Waals surface area contributed by atoms with Crippen LogP contribution in [0.25, 0.3) is 0 Å². The molecule has 1 aromatic rings. The zero-order valence-electron chi connectivity index (χ0n) is 10.1. The Kier molecular flexibility index (Phi) is 4.38. The number of nitrogens with two attached hydrogens (primary N) is 1. The van der Waals surface area contributed by atoms with Gasteiger partial charge in [0, 0.05) is 19.2 Å². The fourth-order valence-electron chi connectivity index (χ4n) is 1.64. The van der Waals surface area contributed by atoms with Gasteiger partial charge < -0.3 is 21.5 Å². The molecule has 0 radical (unpaired) electrons. The van der Waals surface area contributed by atoms with Gasteiger partial charge in [0.1, 0.15) is 10.7 Å². The molecule has 1 aliphatic carbocycles. The Hall–Kier alpha value is -1.34. The summed E-state index contributed by atoms with van der Waals surface area (Å²) < 4.78 is 0. The van der Waals surface area contributed by atoms with Gasteiger partial charge in [-0.05, 0) is 25.7 Å². The van der Waals surface area contributed by atoms with Crippen LogP contribution in [0.15, 0.2) is 0 Å². The van der Waals surface area contributed by atoms with E-state index in [0.29, 0.717) is 29.0 Å². The van der Waals surface area contributed by atoms with E-state index in [0.717, 1.165) is 12.8 Å². The summed E-state index contributed by atoms with van der Waals surface area (Å²) >= 11 is 1.28. The van der Waals surface area contributed by atoms with Crippen LogP contribution < -0.4 is 16.4 Å². The topological polar surface area (TPSA) is 100 Å². The van der Waals surface area contributed by atoms with Crippen LogP contribution in [0.5, 0.6) is 0 Å². The molecular formula is C11H18N4O2S. The summed E-state index contributed by atoms with van der Waals surface area (Å²) in [7, 11) is 0. The Morgan fingerprint density at radius 3 is 2.94 bits per heavy atom. The first-order valence-electron chi connectivity index (χ1n) is 6.12. The summed E-state index contributed by atoms with van der Waals surface area (Å²) in [6, 6.07) is 0.473. The molecule has 5 N–H and O–H groups in total. The average Bonchev–Trinajstić information content (AvgIpc) is 2.65. The van der Waals surface area contributed by atoms with Gasteiger partial charge in [0.05, 0.1) is 0 Å². The van der Waals surface area contributed by atoms with Crippen molar-refractivity contribution in [3.63, 3.8) is 0 Å². The number of carbonyl (C=O) groups excluding carboxylic acids is 1. The number of hydrogen-bond donors (Lipinski definition) is 4. The highest BCUT2D eigenvalue weighted by Gasteiger charge is 2.21. The van der Waals surface area contributed by atoms with Gasteiger partial charge in [-0.25, -0.2) is 4.98 Å². The van der Waals surface area contributed by atoms with Crippen LogP contribution in [0.4, 0.5) is 10.9 Å². The summed E-state index contributed by atoms with van der Waals surface area (Å²) in [5, 5.41) is 15.3. The standard InChI is InChI=1S/C11H18N4O2S/c12-9-8(10(17)13-5-2-6-16)18-11(15-9)14-7-3-1-4-7/h7,16H,1-6,12H2,(H,13,17)(H,14,15). The van der Waals surface area contributed by atoms with Crippen molar-refractivity contribution in [3.8, 4) is 0 Å². The lowest BCUT2D eigenvalue weighted by Crippen LogP contribution is -2.26. The van der Waals surface area contributed by atoms with E-state index in [1.54, 1.807) is 0 Å². The molecule has 0 saturated heterocycles. The first-order chi connectivity index (χ1) is 8.70. The highest BCUT2D eigenvalue weighted by atomic mass is 32.1. The van der Waals surface area contributed by atoms with E-state index in [2.05, 4.69) is 15.6 Å². The molecule has 1 heterocycles. The highest BCUT2D eigenvalue weighted by Crippen LogP contribution is 2.29. The predicted octanol–water partition coefficient (Wildman–Crippen LogP) is 0.802. The van der Waals surface area contributed by atoms with E-state index in [1.807, 2.05) is 0 Å². The summed E-state index contributed by atoms with van der Waals surface area (Å²) in [4.78, 5) is 16.4. The third-order valence-electron chi connectivity index (χ3n) is 2.91. The van der Waals surface area contributed by atoms with Crippen LogP contribution in [0.3, 0.4) is 0 Å². The molecular weight excluding hydrogens is 252 g/mol. The Bertz CT molecular complexity index is 417. The van der Waals surface area contributed by atoms with Gasteiger partial charge in [0.15, 0.2) is 5.13 Å². The molecule has 2 rings (SSSR count). The van der Waals surface area contributed by atoms with Crippen LogP contribution >= 0.6 is 11.3 Å². The number of aromatic nitrogens is 1. The lowest BCUT2D eigenvalue weighted by molar-refractivity contribution is 0.0956. The van der Waals surface area contributed by atoms with Crippen molar-refractivity contribution in [1.82, 2.24) is 10.3 Å². The molecule has 18 heavy (non-hydrogen) atoms. The number of nitrogens with zero attached hydrogens (tertiary/aromatic N) is 1. The van der Waals surface area contributed by atoms with E-state index < -0.39 is 0 Å². The third kappa shape index (κ3) is 3.11. The number of thiazole rings is 1. The van der Waals surface area contributed by atoms with Gasteiger partial charge in [-0.15, -0.1) is 0 Å². The number of rotatable bonds is 6. The number of nitrogen functional groups attached to an aromatic ring is 1. The molecule has 0 bridgehead atoms. The molecule has 1 aromatic heterocycles. The van der Waals surface area contributed by atoms with Crippen LogP contribution in [0, 0.1) is 0 Å². The predicted molar refractivity (Wildman–Crippen MR) is 71.8 cm³/mol. The SMILES string of the molecule is Nc1nc(NC2CCC2)sc1C(=O)NCCCO. The monoisotopic (exact) mass is 270 g/mol. The summed E-state index contributed by atoms with van der Waals surface area (Å²) in [5.74, 6) is 0.0448. The molecule has 100 valence electrons. The minimum atomic E-state index is -0.222. The van der Waals surface area contributed by atoms with Crippen LogP contribution in [-0.4, -0.2) is 35.2 Å². The molecule has 7 heteroatoms. The van der Waals surface area contributed by atoms with E-state index in [1.165, 1.54) is 17.8 Å². The molecule has 0 unspecified atom stereocenters. The summed E-state index contributed by atoms with van der Waals surface area (Å²) in [6.07, 6.45) is 4.08. The van der Waals surface area contributed by atoms with Crippen molar-refractivity contribution in [2.24, 2.45) is 0 Å². The first kappa shape index (κ1) is 13.1. The largest absolute Gasteiger partial charge is 0.396 e. The number of aliphatic hydroxyl groups excluding tert-OH is 1. The molecule has 1 saturated carbocycles. The maximum atomic E-state index is 11.8. The van der Waals surface area contributed by atoms with Gasteiger partial charge in [0.25, 0.3) is 5.91 Å². The maximum Gasteiger partial charge on any atom is 0.265 e. The van der Waals surface area contributed by atoms with Gasteiger partial charge >= 0.3 is 0 Å². The number of aliphatic hydroxyl groups is 1. The van der Waals surface area contributed by atoms with E-state index in [-0.39, 0.29) is 18.3 Å². The second-order valence-corrected chi connectivity index (χ2v) is 5.34. The van der Waals surface area contributed by atoms with Crippen molar-refractivity contribution in [2.45, 2.75) is 31.7 Å². The van der Waals surface area contributed by atoms with Crippen LogP contribution in [0.2, 0.25) is 0 Å². The summed E-state index contributed by atoms with van der Waals surface area (Å²) in [5.41, 5.74) is 5.73. The van der Waals surface area contributed by atoms with E-state index in [4.69, 9.17) is 10.8 Å². The Balaban J connectivity index is 1.92. The van der Waals surface area contributed by atoms with Gasteiger partial charge in [-0.1, -0.05) is 11.3 Å². The smallest absolute Gasteiger partial charge is 0.265 e. The van der Waals surface area contributed by atoms with Crippen molar-refractivity contribution in [2.75, 3.05) is 24.2 Å². The van der Waals surface area contributed by atoms with Crippen LogP contribution in [0.1, 0.15) is 35.4 Å². The number of anilines is 2. The van der Waals surface area contributed by atoms with Gasteiger partial charge in [0.2, 0.25) is 0 Å². The molecule has 1 amide bonds. The Morgan fingerprint density at radius 1 is 1.56 bits per heavy atom. The fourth-order valence-corrected chi connectivity index (χ4v) is 2.52. The molecule has 0 aliphatic heterocycles. The fraction of sp³-hybridized carbons (Fsp3) is 0.636. The van der Waals surface area contributed by atoms with Crippen molar-refractivity contribution >= 4 is 28.2 Å². The normalized spacial score (nSPS) is 15.2. The highest BCUT2D eigenvalue weighted by molar-refractivity contribution is 7.18. The lowest BCUT2D eigenvalue weighted by atomic mass is 9.93. The van der Waals surface area contributed by atoms with Crippen LogP contribution in [-0.2, 0) is 0 Å². The maximum absolute atomic E-state index is 11.8. The average molecular weight is 270 g/mol. The zero-order valence-corrected chi connectivity index (χ0v) is 10.9. The van der Waals surface area contributed by atoms with Crippen molar-refractivity contribution in [3.05, 3.63) is 4.88 Å². The van der Waals surface area contributed by atoms with Gasteiger partial charge in [-0.2, -0.15) is 0 Å². The molecule has 0 aromatic carbocycles. The molecule has 1 aliphatic rings. The molecule has 0 spiro atoms. The van der Waals surface area contributed by atoms with E-state index in [9.17, 15) is 4.79 Å². The number of amides is 1. The molecule has 0 atom stereocenters. The second kappa shape index (κ2) is 6.01. The first-order valence-corrected chi connectivity index (χ1v) is 6.94. The summed E-state index contributed by atoms with van der Waals surface area (Å²) in [6.45, 7) is 0.505. The minimum absolute atomic E-state index is 0.0624. The Morgan fingerprint density at radius 2 is 2.33 bits per heavy atom. The minimum Gasteiger partial charge on any atom is -0.396 e. The number of nitrogens with one attached hydrogen (secondary N) is 2. The number of carbonyl (C=O) groups is 1. The molecule has 1 fully saturated rings. The van der Waals surface area contributed by atoms with Gasteiger partial charge in [-0.3, -0.25) is 4.79 Å². The zero-order chi connectivity index (χ0) is 13.0. The second-order valence-electron chi connectivity index (χ2n) is 4.34. The quantitative estimate of drug-likeness (QED) is 0.573.